The van der Waals surface area contributed by atoms with Crippen molar-refractivity contribution in [2.45, 2.75) is 89.5 Å². The number of aliphatic hydroxyl groups is 1. The molecule has 0 aliphatic heterocycles. The summed E-state index contributed by atoms with van der Waals surface area (Å²) in [6.07, 6.45) is -14.0. The molecule has 0 saturated heterocycles. The lowest BCUT2D eigenvalue weighted by Crippen LogP contribution is -2.52. The van der Waals surface area contributed by atoms with Gasteiger partial charge in [0.15, 0.2) is 5.69 Å². The summed E-state index contributed by atoms with van der Waals surface area (Å²) in [6, 6.07) is 0.426. The van der Waals surface area contributed by atoms with Crippen molar-refractivity contribution in [3.63, 3.8) is 0 Å². The summed E-state index contributed by atoms with van der Waals surface area (Å²) >= 11 is 0. The molecule has 2 atom stereocenters. The molecule has 1 amide bonds. The van der Waals surface area contributed by atoms with Crippen LogP contribution in [-0.4, -0.2) is 63.8 Å². The second kappa shape index (κ2) is 12.7. The van der Waals surface area contributed by atoms with Gasteiger partial charge in [0.25, 0.3) is 5.60 Å². The van der Waals surface area contributed by atoms with E-state index in [1.165, 1.54) is 27.7 Å². The molecule has 222 valence electrons. The van der Waals surface area contributed by atoms with Gasteiger partial charge in [-0.05, 0) is 59.4 Å². The number of amides is 1. The minimum Gasteiger partial charge on any atom is -0.479 e. The van der Waals surface area contributed by atoms with Gasteiger partial charge >= 0.3 is 30.4 Å². The Morgan fingerprint density at radius 2 is 1.64 bits per heavy atom. The Morgan fingerprint density at radius 1 is 1.05 bits per heavy atom. The van der Waals surface area contributed by atoms with Crippen LogP contribution in [0.2, 0.25) is 0 Å². The number of rotatable bonds is 11. The van der Waals surface area contributed by atoms with Crippen LogP contribution in [0.1, 0.15) is 75.9 Å². The van der Waals surface area contributed by atoms with Crippen molar-refractivity contribution >= 4 is 23.7 Å². The highest BCUT2D eigenvalue weighted by molar-refractivity contribution is 5.98. The number of carbonyl (C=O) groups excluding carboxylic acids is 2. The monoisotopic (exact) mass is 576 g/mol. The number of carboxylic acids is 1. The van der Waals surface area contributed by atoms with Gasteiger partial charge in [-0.15, -0.1) is 0 Å². The maximum Gasteiger partial charge on any atom is 0.428 e. The predicted octanol–water partition coefficient (Wildman–Crippen LogP) is 5.33. The molecule has 39 heavy (non-hydrogen) atoms. The number of methoxy groups -OCH3 is 1. The number of anilines is 1. The Morgan fingerprint density at radius 3 is 2.10 bits per heavy atom. The number of aromatic nitrogens is 1. The van der Waals surface area contributed by atoms with Gasteiger partial charge in [-0.3, -0.25) is 5.32 Å². The highest BCUT2D eigenvalue weighted by atomic mass is 19.4. The van der Waals surface area contributed by atoms with Gasteiger partial charge in [0.2, 0.25) is 5.88 Å². The lowest BCUT2D eigenvalue weighted by molar-refractivity contribution is -0.262. The second-order valence-corrected chi connectivity index (χ2v) is 9.54. The van der Waals surface area contributed by atoms with E-state index in [0.29, 0.717) is 6.07 Å². The van der Waals surface area contributed by atoms with Crippen LogP contribution in [0.25, 0.3) is 0 Å². The smallest absolute Gasteiger partial charge is 0.428 e. The summed E-state index contributed by atoms with van der Waals surface area (Å²) in [6.45, 7) is 5.87. The fourth-order valence-electron chi connectivity index (χ4n) is 3.16. The number of alkyl halides is 6. The lowest BCUT2D eigenvalue weighted by Gasteiger charge is -2.26. The number of halogens is 6. The highest BCUT2D eigenvalue weighted by Crippen LogP contribution is 2.39. The van der Waals surface area contributed by atoms with E-state index in [2.05, 4.69) is 9.72 Å². The number of nitrogens with one attached hydrogen (secondary N) is 1. The number of nitrogens with zero attached hydrogens (tertiary/aromatic N) is 1. The Balaban J connectivity index is 3.06. The van der Waals surface area contributed by atoms with E-state index in [4.69, 9.17) is 14.6 Å². The molecule has 0 bridgehead atoms. The van der Waals surface area contributed by atoms with Gasteiger partial charge in [-0.2, -0.15) is 26.3 Å². The van der Waals surface area contributed by atoms with Gasteiger partial charge in [0.1, 0.15) is 11.2 Å². The van der Waals surface area contributed by atoms with Crippen LogP contribution in [0, 0.1) is 0 Å². The minimum atomic E-state index is -5.39. The summed E-state index contributed by atoms with van der Waals surface area (Å²) in [4.78, 5) is 38.7. The zero-order valence-corrected chi connectivity index (χ0v) is 21.7. The zero-order valence-electron chi connectivity index (χ0n) is 21.7. The van der Waals surface area contributed by atoms with Gasteiger partial charge in [0, 0.05) is 0 Å². The van der Waals surface area contributed by atoms with Crippen molar-refractivity contribution in [2.24, 2.45) is 0 Å². The third-order valence-corrected chi connectivity index (χ3v) is 5.09. The first-order valence-corrected chi connectivity index (χ1v) is 11.5. The number of pyridine rings is 1. The van der Waals surface area contributed by atoms with E-state index in [1.807, 2.05) is 5.32 Å². The fourth-order valence-corrected chi connectivity index (χ4v) is 3.16. The molecule has 0 fully saturated rings. The number of unbranched alkanes of at least 4 members (excludes halogenated alkanes) is 2. The predicted molar refractivity (Wildman–Crippen MR) is 122 cm³/mol. The molecule has 0 aromatic carbocycles. The standard InChI is InChI=1S/C23H30F6N2O8/c1-12(9-7-6-8-10-21(36,18(33)34)23(27,28)29)38-16-13(22(24,25)26)11-14(15(31-16)17(32)37-5)30-19(35)39-20(2,3)4/h11-12,36H,6-10H2,1-5H3,(H,30,35)(H,33,34)/t12-,21+/m0/s1. The molecule has 0 radical (unpaired) electrons. The summed E-state index contributed by atoms with van der Waals surface area (Å²) in [5, 5.41) is 20.2. The number of hydrogen-bond acceptors (Lipinski definition) is 8. The molecule has 16 heteroatoms. The van der Waals surface area contributed by atoms with Crippen molar-refractivity contribution in [2.75, 3.05) is 12.4 Å². The molecular weight excluding hydrogens is 546 g/mol. The van der Waals surface area contributed by atoms with Crippen molar-refractivity contribution in [1.82, 2.24) is 4.98 Å². The SMILES string of the molecule is COC(=O)c1nc(O[C@@H](C)CCCCC[C@@](O)(C(=O)O)C(F)(F)F)c(C(F)(F)F)cc1NC(=O)OC(C)(C)C. The van der Waals surface area contributed by atoms with E-state index in [-0.39, 0.29) is 25.7 Å². The molecule has 1 heterocycles. The molecule has 1 rings (SSSR count). The van der Waals surface area contributed by atoms with Gasteiger partial charge in [-0.25, -0.2) is 19.4 Å². The number of carbonyl (C=O) groups is 3. The maximum absolute atomic E-state index is 13.8. The quantitative estimate of drug-likeness (QED) is 0.181. The highest BCUT2D eigenvalue weighted by Gasteiger charge is 2.59. The fraction of sp³-hybridized carbons (Fsp3) is 0.652. The van der Waals surface area contributed by atoms with Crippen LogP contribution in [-0.2, 0) is 20.4 Å². The average Bonchev–Trinajstić information content (AvgIpc) is 2.75. The number of aliphatic carboxylic acids is 1. The van der Waals surface area contributed by atoms with Crippen molar-refractivity contribution < 1.29 is 65.1 Å². The minimum absolute atomic E-state index is 0.00195. The van der Waals surface area contributed by atoms with Crippen LogP contribution in [0.15, 0.2) is 6.07 Å². The van der Waals surface area contributed by atoms with Crippen LogP contribution in [0.4, 0.5) is 36.8 Å². The van der Waals surface area contributed by atoms with E-state index in [0.717, 1.165) is 7.11 Å². The van der Waals surface area contributed by atoms with Crippen molar-refractivity contribution in [3.8, 4) is 5.88 Å². The number of carboxylic acid groups (broad SMARTS) is 1. The van der Waals surface area contributed by atoms with E-state index in [9.17, 15) is 45.8 Å². The molecule has 0 aliphatic carbocycles. The zero-order chi connectivity index (χ0) is 30.4. The first-order valence-electron chi connectivity index (χ1n) is 11.5. The van der Waals surface area contributed by atoms with Gasteiger partial charge in [-0.1, -0.05) is 6.42 Å². The van der Waals surface area contributed by atoms with Crippen LogP contribution in [0.5, 0.6) is 5.88 Å². The van der Waals surface area contributed by atoms with Crippen molar-refractivity contribution in [1.29, 1.82) is 0 Å². The van der Waals surface area contributed by atoms with Crippen LogP contribution < -0.4 is 10.1 Å². The van der Waals surface area contributed by atoms with Crippen LogP contribution in [0.3, 0.4) is 0 Å². The van der Waals surface area contributed by atoms with Gasteiger partial charge in [0.05, 0.1) is 18.9 Å². The molecule has 10 nitrogen and oxygen atoms in total. The summed E-state index contributed by atoms with van der Waals surface area (Å²) in [5.41, 5.74) is -7.73. The molecular formula is C23H30F6N2O8. The number of ether oxygens (including phenoxy) is 3. The molecule has 3 N–H and O–H groups in total. The number of esters is 1. The second-order valence-electron chi connectivity index (χ2n) is 9.54. The molecule has 0 aliphatic rings. The van der Waals surface area contributed by atoms with E-state index >= 15 is 0 Å². The Bertz CT molecular complexity index is 1040. The summed E-state index contributed by atoms with van der Waals surface area (Å²) in [5.74, 6) is -4.64. The first kappa shape index (κ1) is 33.7. The van der Waals surface area contributed by atoms with Crippen molar-refractivity contribution in [3.05, 3.63) is 17.3 Å². The van der Waals surface area contributed by atoms with Crippen LogP contribution >= 0.6 is 0 Å². The molecule has 0 unspecified atom stereocenters. The molecule has 1 aromatic rings. The Labute approximate surface area is 219 Å². The maximum atomic E-state index is 13.8. The summed E-state index contributed by atoms with van der Waals surface area (Å²) < 4.78 is 94.7. The largest absolute Gasteiger partial charge is 0.479 e. The third kappa shape index (κ3) is 9.75. The number of hydrogen-bond donors (Lipinski definition) is 3. The Hall–Kier alpha value is -3.30. The van der Waals surface area contributed by atoms with Gasteiger partial charge < -0.3 is 24.4 Å². The third-order valence-electron chi connectivity index (χ3n) is 5.09. The molecule has 1 aromatic heterocycles. The molecule has 0 spiro atoms. The lowest BCUT2D eigenvalue weighted by atomic mass is 9.95. The first-order chi connectivity index (χ1) is 17.6. The average molecular weight is 576 g/mol. The van der Waals surface area contributed by atoms with E-state index < -0.39 is 76.9 Å². The van der Waals surface area contributed by atoms with E-state index in [1.54, 1.807) is 0 Å². The summed E-state index contributed by atoms with van der Waals surface area (Å²) in [7, 11) is 0.937. The topological polar surface area (TPSA) is 144 Å². The normalized spacial score (nSPS) is 14.7. The Kier molecular flexibility index (Phi) is 11.0. The molecule has 0 saturated carbocycles.